The van der Waals surface area contributed by atoms with Gasteiger partial charge in [-0.1, -0.05) is 72.8 Å². The summed E-state index contributed by atoms with van der Waals surface area (Å²) in [6, 6.07) is 10.9. The predicted molar refractivity (Wildman–Crippen MR) is 152 cm³/mol. The molecule has 2 heterocycles. The van der Waals surface area contributed by atoms with Crippen molar-refractivity contribution in [2.24, 2.45) is 11.8 Å². The van der Waals surface area contributed by atoms with Gasteiger partial charge in [-0.15, -0.1) is 0 Å². The number of fused-ring (bicyclic) bond motifs is 2. The first kappa shape index (κ1) is 26.4. The monoisotopic (exact) mass is 567 g/mol. The maximum absolute atomic E-state index is 14.8. The smallest absolute Gasteiger partial charge is 0.318 e. The van der Waals surface area contributed by atoms with Gasteiger partial charge in [0.25, 0.3) is 0 Å². The Bertz CT molecular complexity index is 1360. The minimum Gasteiger partial charge on any atom is -0.335 e. The molecule has 6 rings (SSSR count). The number of carbonyl (C=O) groups is 2. The number of amides is 3. The minimum atomic E-state index is -1.17. The number of hydrogen-bond acceptors (Lipinski definition) is 2. The summed E-state index contributed by atoms with van der Waals surface area (Å²) < 4.78 is 14.8. The van der Waals surface area contributed by atoms with Crippen molar-refractivity contribution in [3.8, 4) is 0 Å². The van der Waals surface area contributed by atoms with Crippen LogP contribution in [0.25, 0.3) is 0 Å². The molecule has 2 N–H and O–H groups in total. The molecule has 2 aliphatic heterocycles. The Morgan fingerprint density at radius 1 is 1.08 bits per heavy atom. The molecular weight excluding hydrogens is 536 g/mol. The molecular formula is C31H32Cl2FN3O2. The molecule has 4 atom stereocenters. The first-order valence-electron chi connectivity index (χ1n) is 13.8. The number of nitrogens with zero attached hydrogens (tertiary/aromatic N) is 1. The number of hydrogen-bond donors (Lipinski definition) is 2. The van der Waals surface area contributed by atoms with Gasteiger partial charge in [-0.2, -0.15) is 0 Å². The normalized spacial score (nSPS) is 28.7. The topological polar surface area (TPSA) is 61.4 Å². The fraction of sp³-hybridized carbons (Fsp3) is 0.419. The quantitative estimate of drug-likeness (QED) is 0.404. The number of urea groups is 1. The fourth-order valence-electron chi connectivity index (χ4n) is 7.39. The van der Waals surface area contributed by atoms with E-state index in [0.717, 1.165) is 36.3 Å². The molecule has 1 spiro atoms. The van der Waals surface area contributed by atoms with Gasteiger partial charge in [-0.05, 0) is 79.0 Å². The number of carbonyl (C=O) groups excluding carboxylic acids is 2. The molecule has 1 saturated carbocycles. The summed E-state index contributed by atoms with van der Waals surface area (Å²) in [5.74, 6) is -0.830. The summed E-state index contributed by atoms with van der Waals surface area (Å²) in [4.78, 5) is 30.2. The molecule has 5 nitrogen and oxygen atoms in total. The Hall–Kier alpha value is -2.83. The van der Waals surface area contributed by atoms with Crippen LogP contribution in [0.2, 0.25) is 5.02 Å². The van der Waals surface area contributed by atoms with Crippen molar-refractivity contribution in [2.45, 2.75) is 62.4 Å². The standard InChI is InChI=1S/C31H32Cl2FN3O2/c32-21-8-4-6-19(16-21)25-14-15-37(30(39)35-24-10-2-1-3-11-24)28(20-7-5-9-23(34)17-20)31(25)26-13-12-22(33)18-27(26)36-29(31)38/h4-9,12-13,17-19,24-25,28H,1-3,10-11,14-16H2,(H,35,39)(H,36,38)/t19?,25-,28+,31+/m0/s1. The minimum absolute atomic E-state index is 0.0329. The lowest BCUT2D eigenvalue weighted by Gasteiger charge is -2.53. The number of piperidine rings is 1. The van der Waals surface area contributed by atoms with Gasteiger partial charge in [0.15, 0.2) is 0 Å². The molecule has 2 aromatic carbocycles. The highest BCUT2D eigenvalue weighted by Crippen LogP contribution is 2.59. The first-order valence-corrected chi connectivity index (χ1v) is 14.6. The van der Waals surface area contributed by atoms with Crippen molar-refractivity contribution < 1.29 is 14.0 Å². The second-order valence-electron chi connectivity index (χ2n) is 11.2. The number of benzene rings is 2. The molecule has 0 radical (unpaired) electrons. The third-order valence-electron chi connectivity index (χ3n) is 9.00. The van der Waals surface area contributed by atoms with Gasteiger partial charge in [0.05, 0.1) is 6.04 Å². The molecule has 4 aliphatic rings. The van der Waals surface area contributed by atoms with E-state index in [1.165, 1.54) is 18.6 Å². The van der Waals surface area contributed by atoms with Crippen LogP contribution in [0.5, 0.6) is 0 Å². The maximum atomic E-state index is 14.8. The van der Waals surface area contributed by atoms with Crippen LogP contribution in [0, 0.1) is 17.7 Å². The van der Waals surface area contributed by atoms with Crippen LogP contribution in [-0.4, -0.2) is 29.4 Å². The molecule has 1 unspecified atom stereocenters. The molecule has 0 bridgehead atoms. The van der Waals surface area contributed by atoms with Crippen molar-refractivity contribution in [1.29, 1.82) is 0 Å². The van der Waals surface area contributed by atoms with Crippen LogP contribution in [0.15, 0.2) is 65.7 Å². The summed E-state index contributed by atoms with van der Waals surface area (Å²) in [5, 5.41) is 7.58. The van der Waals surface area contributed by atoms with Gasteiger partial charge < -0.3 is 15.5 Å². The molecule has 39 heavy (non-hydrogen) atoms. The summed E-state index contributed by atoms with van der Waals surface area (Å²) in [6.07, 6.45) is 12.4. The lowest BCUT2D eigenvalue weighted by Crippen LogP contribution is -2.62. The average Bonchev–Trinajstić information content (AvgIpc) is 3.19. The average molecular weight is 569 g/mol. The maximum Gasteiger partial charge on any atom is 0.318 e. The van der Waals surface area contributed by atoms with Crippen molar-refractivity contribution in [3.05, 3.63) is 87.7 Å². The van der Waals surface area contributed by atoms with Gasteiger partial charge in [0.1, 0.15) is 11.2 Å². The third kappa shape index (κ3) is 4.66. The van der Waals surface area contributed by atoms with E-state index in [1.54, 1.807) is 23.1 Å². The number of anilines is 1. The van der Waals surface area contributed by atoms with Crippen LogP contribution < -0.4 is 10.6 Å². The first-order chi connectivity index (χ1) is 18.9. The summed E-state index contributed by atoms with van der Waals surface area (Å²) in [7, 11) is 0. The molecule has 2 aromatic rings. The number of halogens is 3. The number of nitrogens with one attached hydrogen (secondary N) is 2. The van der Waals surface area contributed by atoms with Crippen LogP contribution in [-0.2, 0) is 10.2 Å². The molecule has 1 saturated heterocycles. The lowest BCUT2D eigenvalue weighted by atomic mass is 9.56. The number of likely N-dealkylation sites (tertiary alicyclic amines) is 1. The fourth-order valence-corrected chi connectivity index (χ4v) is 7.81. The largest absolute Gasteiger partial charge is 0.335 e. The third-order valence-corrected chi connectivity index (χ3v) is 9.52. The molecule has 8 heteroatoms. The van der Waals surface area contributed by atoms with Crippen LogP contribution >= 0.6 is 23.2 Å². The zero-order chi connectivity index (χ0) is 27.1. The van der Waals surface area contributed by atoms with Gasteiger partial charge in [-0.3, -0.25) is 4.79 Å². The van der Waals surface area contributed by atoms with Crippen molar-refractivity contribution in [2.75, 3.05) is 11.9 Å². The highest BCUT2D eigenvalue weighted by atomic mass is 35.5. The van der Waals surface area contributed by atoms with Crippen molar-refractivity contribution in [1.82, 2.24) is 10.2 Å². The second-order valence-corrected chi connectivity index (χ2v) is 12.1. The van der Waals surface area contributed by atoms with Crippen LogP contribution in [0.3, 0.4) is 0 Å². The zero-order valence-electron chi connectivity index (χ0n) is 21.6. The Balaban J connectivity index is 1.52. The Morgan fingerprint density at radius 3 is 2.67 bits per heavy atom. The van der Waals surface area contributed by atoms with Gasteiger partial charge in [-0.25, -0.2) is 9.18 Å². The summed E-state index contributed by atoms with van der Waals surface area (Å²) in [6.45, 7) is 0.439. The van der Waals surface area contributed by atoms with E-state index in [0.29, 0.717) is 35.7 Å². The zero-order valence-corrected chi connectivity index (χ0v) is 23.1. The molecule has 0 aromatic heterocycles. The summed E-state index contributed by atoms with van der Waals surface area (Å²) >= 11 is 12.9. The molecule has 2 aliphatic carbocycles. The number of allylic oxidation sites excluding steroid dienone is 4. The van der Waals surface area contributed by atoms with E-state index in [1.807, 2.05) is 24.3 Å². The second kappa shape index (κ2) is 10.6. The predicted octanol–water partition coefficient (Wildman–Crippen LogP) is 7.47. The van der Waals surface area contributed by atoms with Crippen LogP contribution in [0.4, 0.5) is 14.9 Å². The molecule has 2 fully saturated rings. The number of rotatable bonds is 3. The molecule has 3 amide bonds. The summed E-state index contributed by atoms with van der Waals surface area (Å²) in [5.41, 5.74) is 0.845. The van der Waals surface area contributed by atoms with E-state index in [2.05, 4.69) is 16.7 Å². The Kier molecular flexibility index (Phi) is 7.19. The van der Waals surface area contributed by atoms with E-state index in [4.69, 9.17) is 23.2 Å². The Morgan fingerprint density at radius 2 is 1.90 bits per heavy atom. The highest BCUT2D eigenvalue weighted by Gasteiger charge is 2.63. The lowest BCUT2D eigenvalue weighted by molar-refractivity contribution is -0.129. The SMILES string of the molecule is O=C(NC1CCCCC1)N1CC[C@@H](C2C=CC=C(Cl)C2)[C@]2(C(=O)Nc3cc(Cl)ccc32)[C@H]1c1cccc(F)c1. The van der Waals surface area contributed by atoms with Crippen molar-refractivity contribution >= 4 is 40.8 Å². The van der Waals surface area contributed by atoms with E-state index < -0.39 is 17.3 Å². The van der Waals surface area contributed by atoms with Crippen LogP contribution in [0.1, 0.15) is 62.1 Å². The van der Waals surface area contributed by atoms with E-state index >= 15 is 0 Å². The van der Waals surface area contributed by atoms with Crippen molar-refractivity contribution in [3.63, 3.8) is 0 Å². The van der Waals surface area contributed by atoms with Gasteiger partial charge >= 0.3 is 6.03 Å². The van der Waals surface area contributed by atoms with Gasteiger partial charge in [0, 0.05) is 28.3 Å². The van der Waals surface area contributed by atoms with E-state index in [9.17, 15) is 14.0 Å². The highest BCUT2D eigenvalue weighted by molar-refractivity contribution is 6.31. The van der Waals surface area contributed by atoms with Gasteiger partial charge in [0.2, 0.25) is 5.91 Å². The molecule has 204 valence electrons. The Labute approximate surface area is 238 Å². The van der Waals surface area contributed by atoms with E-state index in [-0.39, 0.29) is 29.8 Å².